The molecule has 0 amide bonds. The average molecular weight is 252 g/mol. The van der Waals surface area contributed by atoms with Crippen molar-refractivity contribution in [1.82, 2.24) is 0 Å². The molecule has 0 heterocycles. The second-order valence-electron chi connectivity index (χ2n) is 4.26. The topological polar surface area (TPSA) is 71.4 Å². The van der Waals surface area contributed by atoms with Gasteiger partial charge in [-0.1, -0.05) is 26.2 Å². The Balaban J connectivity index is 2.92. The summed E-state index contributed by atoms with van der Waals surface area (Å²) in [6.07, 6.45) is 3.09. The van der Waals surface area contributed by atoms with Gasteiger partial charge < -0.3 is 0 Å². The summed E-state index contributed by atoms with van der Waals surface area (Å²) >= 11 is 0. The summed E-state index contributed by atoms with van der Waals surface area (Å²) in [5.74, 6) is -1.54. The molecule has 1 rings (SSSR count). The third-order valence-electron chi connectivity index (χ3n) is 3.21. The first kappa shape index (κ1) is 13.6. The number of carbonyl (C=O) groups excluding carboxylic acids is 1. The molecule has 0 aromatic rings. The molecule has 0 spiro atoms. The Kier molecular flexibility index (Phi) is 4.07. The van der Waals surface area contributed by atoms with Crippen LogP contribution < -0.4 is 0 Å². The van der Waals surface area contributed by atoms with E-state index in [4.69, 9.17) is 4.55 Å². The van der Waals surface area contributed by atoms with Gasteiger partial charge in [0.2, 0.25) is 0 Å². The minimum Gasteiger partial charge on any atom is -0.294 e. The third kappa shape index (κ3) is 2.43. The van der Waals surface area contributed by atoms with Crippen LogP contribution in [-0.4, -0.2) is 23.8 Å². The van der Waals surface area contributed by atoms with Gasteiger partial charge in [0.25, 0.3) is 5.00 Å². The van der Waals surface area contributed by atoms with E-state index in [2.05, 4.69) is 0 Å². The summed E-state index contributed by atoms with van der Waals surface area (Å²) in [4.78, 5) is 11.8. The van der Waals surface area contributed by atoms with Gasteiger partial charge in [0.05, 0.1) is 0 Å². The molecule has 0 aromatic carbocycles. The highest BCUT2D eigenvalue weighted by atomic mass is 32.2. The van der Waals surface area contributed by atoms with Crippen molar-refractivity contribution in [2.45, 2.75) is 50.4 Å². The molecule has 0 radical (unpaired) electrons. The lowest BCUT2D eigenvalue weighted by molar-refractivity contribution is -0.131. The number of halogens is 1. The Morgan fingerprint density at radius 1 is 1.38 bits per heavy atom. The highest BCUT2D eigenvalue weighted by molar-refractivity contribution is 7.87. The number of hydrogen-bond donors (Lipinski definition) is 1. The summed E-state index contributed by atoms with van der Waals surface area (Å²) in [5.41, 5.74) is 0. The van der Waals surface area contributed by atoms with E-state index >= 15 is 0 Å². The number of ketones is 1. The quantitative estimate of drug-likeness (QED) is 0.778. The second kappa shape index (κ2) is 4.79. The highest BCUT2D eigenvalue weighted by Crippen LogP contribution is 2.33. The first-order valence-electron chi connectivity index (χ1n) is 5.53. The van der Waals surface area contributed by atoms with Crippen LogP contribution >= 0.6 is 0 Å². The van der Waals surface area contributed by atoms with Crippen molar-refractivity contribution in [2.24, 2.45) is 5.92 Å². The summed E-state index contributed by atoms with van der Waals surface area (Å²) in [6.45, 7) is 1.24. The van der Waals surface area contributed by atoms with E-state index < -0.39 is 33.2 Å². The molecule has 1 aliphatic carbocycles. The van der Waals surface area contributed by atoms with Crippen LogP contribution in [0.3, 0.4) is 0 Å². The zero-order chi connectivity index (χ0) is 12.4. The first-order valence-corrected chi connectivity index (χ1v) is 6.97. The molecule has 4 nitrogen and oxygen atoms in total. The molecule has 16 heavy (non-hydrogen) atoms. The van der Waals surface area contributed by atoms with Crippen LogP contribution in [0.4, 0.5) is 4.39 Å². The van der Waals surface area contributed by atoms with Crippen LogP contribution in [0.2, 0.25) is 0 Å². The standard InChI is InChI=1S/C10H17FO4S/c1-2-10(11,16(13,14)15)9(12)8-6-4-3-5-7-8/h8H,2-7H2,1H3,(H,13,14,15). The SMILES string of the molecule is CCC(F)(C(=O)C1CCCCC1)S(=O)(=O)O. The Morgan fingerprint density at radius 2 is 1.88 bits per heavy atom. The van der Waals surface area contributed by atoms with Gasteiger partial charge in [-0.25, -0.2) is 4.39 Å². The van der Waals surface area contributed by atoms with Crippen LogP contribution in [-0.2, 0) is 14.9 Å². The van der Waals surface area contributed by atoms with Gasteiger partial charge in [-0.3, -0.25) is 9.35 Å². The van der Waals surface area contributed by atoms with Crippen molar-refractivity contribution >= 4 is 15.9 Å². The first-order chi connectivity index (χ1) is 7.33. The third-order valence-corrected chi connectivity index (χ3v) is 4.52. The monoisotopic (exact) mass is 252 g/mol. The maximum Gasteiger partial charge on any atom is 0.307 e. The number of carbonyl (C=O) groups is 1. The Hall–Kier alpha value is -0.490. The van der Waals surface area contributed by atoms with Gasteiger partial charge in [-0.05, 0) is 12.8 Å². The fourth-order valence-corrected chi connectivity index (χ4v) is 2.94. The van der Waals surface area contributed by atoms with Gasteiger partial charge in [-0.15, -0.1) is 0 Å². The minimum atomic E-state index is -4.98. The minimum absolute atomic E-state index is 0.514. The number of alkyl halides is 1. The maximum atomic E-state index is 14.0. The van der Waals surface area contributed by atoms with Crippen molar-refractivity contribution in [1.29, 1.82) is 0 Å². The van der Waals surface area contributed by atoms with E-state index in [9.17, 15) is 17.6 Å². The van der Waals surface area contributed by atoms with Gasteiger partial charge >= 0.3 is 10.1 Å². The summed E-state index contributed by atoms with van der Waals surface area (Å²) < 4.78 is 44.7. The van der Waals surface area contributed by atoms with Crippen molar-refractivity contribution in [3.8, 4) is 0 Å². The fourth-order valence-electron chi connectivity index (χ4n) is 2.15. The second-order valence-corrected chi connectivity index (χ2v) is 5.85. The van der Waals surface area contributed by atoms with Crippen LogP contribution in [0, 0.1) is 5.92 Å². The molecule has 1 saturated carbocycles. The van der Waals surface area contributed by atoms with E-state index in [1.807, 2.05) is 0 Å². The van der Waals surface area contributed by atoms with E-state index in [0.717, 1.165) is 19.3 Å². The molecule has 1 unspecified atom stereocenters. The largest absolute Gasteiger partial charge is 0.307 e. The van der Waals surface area contributed by atoms with Gasteiger partial charge in [0, 0.05) is 12.3 Å². The molecule has 1 atom stereocenters. The van der Waals surface area contributed by atoms with Crippen molar-refractivity contribution in [3.05, 3.63) is 0 Å². The molecule has 1 fully saturated rings. The average Bonchev–Trinajstić information content (AvgIpc) is 2.26. The van der Waals surface area contributed by atoms with E-state index in [-0.39, 0.29) is 0 Å². The maximum absolute atomic E-state index is 14.0. The smallest absolute Gasteiger partial charge is 0.294 e. The van der Waals surface area contributed by atoms with Gasteiger partial charge in [-0.2, -0.15) is 8.42 Å². The normalized spacial score (nSPS) is 22.7. The predicted molar refractivity (Wildman–Crippen MR) is 57.3 cm³/mol. The molecule has 0 aliphatic heterocycles. The van der Waals surface area contributed by atoms with Gasteiger partial charge in [0.15, 0.2) is 5.78 Å². The number of Topliss-reactive ketones (excluding diaryl/α,β-unsaturated/α-hetero) is 1. The molecule has 0 aromatic heterocycles. The Labute approximate surface area is 95.0 Å². The predicted octanol–water partition coefficient (Wildman–Crippen LogP) is 2.10. The summed E-state index contributed by atoms with van der Waals surface area (Å²) in [7, 11) is -4.98. The Morgan fingerprint density at radius 3 is 2.25 bits per heavy atom. The molecule has 6 heteroatoms. The molecule has 1 N–H and O–H groups in total. The van der Waals surface area contributed by atoms with Crippen molar-refractivity contribution < 1.29 is 22.2 Å². The van der Waals surface area contributed by atoms with Crippen molar-refractivity contribution in [3.63, 3.8) is 0 Å². The van der Waals surface area contributed by atoms with Crippen molar-refractivity contribution in [2.75, 3.05) is 0 Å². The van der Waals surface area contributed by atoms with E-state index in [1.165, 1.54) is 6.92 Å². The zero-order valence-electron chi connectivity index (χ0n) is 9.28. The molecule has 1 aliphatic rings. The lowest BCUT2D eigenvalue weighted by atomic mass is 9.84. The molecule has 0 saturated heterocycles. The van der Waals surface area contributed by atoms with Crippen LogP contribution in [0.25, 0.3) is 0 Å². The van der Waals surface area contributed by atoms with E-state index in [0.29, 0.717) is 12.8 Å². The molecular weight excluding hydrogens is 235 g/mol. The zero-order valence-corrected chi connectivity index (χ0v) is 10.1. The molecule has 0 bridgehead atoms. The summed E-state index contributed by atoms with van der Waals surface area (Å²) in [5, 5.41) is -3.12. The number of rotatable bonds is 4. The van der Waals surface area contributed by atoms with Gasteiger partial charge in [0.1, 0.15) is 0 Å². The highest BCUT2D eigenvalue weighted by Gasteiger charge is 2.51. The van der Waals surface area contributed by atoms with Crippen LogP contribution in [0.5, 0.6) is 0 Å². The lowest BCUT2D eigenvalue weighted by Crippen LogP contribution is -2.45. The van der Waals surface area contributed by atoms with Crippen LogP contribution in [0.1, 0.15) is 45.4 Å². The molecule has 94 valence electrons. The van der Waals surface area contributed by atoms with E-state index in [1.54, 1.807) is 0 Å². The molecular formula is C10H17FO4S. The number of hydrogen-bond acceptors (Lipinski definition) is 3. The summed E-state index contributed by atoms with van der Waals surface area (Å²) in [6, 6.07) is 0. The fraction of sp³-hybridized carbons (Fsp3) is 0.900. The lowest BCUT2D eigenvalue weighted by Gasteiger charge is -2.27. The van der Waals surface area contributed by atoms with Crippen LogP contribution in [0.15, 0.2) is 0 Å². The Bertz CT molecular complexity index is 359.